The predicted octanol–water partition coefficient (Wildman–Crippen LogP) is 2.91. The molecule has 16 heavy (non-hydrogen) atoms. The summed E-state index contributed by atoms with van der Waals surface area (Å²) in [6, 6.07) is 6.07. The summed E-state index contributed by atoms with van der Waals surface area (Å²) in [6.45, 7) is 3.25. The fourth-order valence-corrected chi connectivity index (χ4v) is 2.30. The number of benzene rings is 1. The van der Waals surface area contributed by atoms with Crippen LogP contribution in [-0.2, 0) is 6.54 Å². The van der Waals surface area contributed by atoms with Crippen molar-refractivity contribution in [2.75, 3.05) is 5.73 Å². The molecular weight excluding hydrogens is 198 g/mol. The van der Waals surface area contributed by atoms with Gasteiger partial charge in [-0.25, -0.2) is 4.98 Å². The van der Waals surface area contributed by atoms with E-state index in [-0.39, 0.29) is 0 Å². The fourth-order valence-electron chi connectivity index (χ4n) is 2.30. The molecule has 0 bridgehead atoms. The van der Waals surface area contributed by atoms with Gasteiger partial charge in [0.15, 0.2) is 0 Å². The molecule has 1 aromatic heterocycles. The molecule has 3 heteroatoms. The summed E-state index contributed by atoms with van der Waals surface area (Å²) in [4.78, 5) is 4.73. The average Bonchev–Trinajstić information content (AvgIpc) is 3.05. The first-order valence-corrected chi connectivity index (χ1v) is 6.06. The van der Waals surface area contributed by atoms with Gasteiger partial charge in [-0.15, -0.1) is 0 Å². The highest BCUT2D eigenvalue weighted by Crippen LogP contribution is 2.41. The van der Waals surface area contributed by atoms with Gasteiger partial charge >= 0.3 is 0 Å². The standard InChI is InChI=1S/C13H17N3/c1-2-8-16-11-5-3-4-10(14)12(11)15-13(16)9-6-7-9/h3-5,9H,2,6-8,14H2,1H3. The Morgan fingerprint density at radius 2 is 2.25 bits per heavy atom. The van der Waals surface area contributed by atoms with Crippen LogP contribution >= 0.6 is 0 Å². The molecule has 1 aliphatic carbocycles. The van der Waals surface area contributed by atoms with Crippen molar-refractivity contribution in [2.45, 2.75) is 38.6 Å². The summed E-state index contributed by atoms with van der Waals surface area (Å²) in [6.07, 6.45) is 3.71. The van der Waals surface area contributed by atoms with Gasteiger partial charge in [-0.05, 0) is 31.4 Å². The number of hydrogen-bond acceptors (Lipinski definition) is 2. The Balaban J connectivity index is 2.23. The second-order valence-electron chi connectivity index (χ2n) is 4.61. The van der Waals surface area contributed by atoms with Crippen LogP contribution in [0.3, 0.4) is 0 Å². The molecular formula is C13H17N3. The molecule has 0 saturated heterocycles. The van der Waals surface area contributed by atoms with E-state index in [4.69, 9.17) is 10.7 Å². The maximum Gasteiger partial charge on any atom is 0.113 e. The first kappa shape index (κ1) is 9.70. The number of nitrogens with zero attached hydrogens (tertiary/aromatic N) is 2. The Hall–Kier alpha value is -1.51. The van der Waals surface area contributed by atoms with Gasteiger partial charge < -0.3 is 10.3 Å². The van der Waals surface area contributed by atoms with E-state index in [2.05, 4.69) is 17.6 Å². The largest absolute Gasteiger partial charge is 0.397 e. The molecule has 0 spiro atoms. The molecule has 1 saturated carbocycles. The van der Waals surface area contributed by atoms with Crippen LogP contribution in [0.25, 0.3) is 11.0 Å². The number of aromatic nitrogens is 2. The lowest BCUT2D eigenvalue weighted by Crippen LogP contribution is -2.01. The van der Waals surface area contributed by atoms with Gasteiger partial charge in [0, 0.05) is 12.5 Å². The van der Waals surface area contributed by atoms with E-state index in [0.717, 1.165) is 24.2 Å². The molecule has 0 radical (unpaired) electrons. The molecule has 1 aliphatic rings. The number of nitrogens with two attached hydrogens (primary N) is 1. The van der Waals surface area contributed by atoms with E-state index in [1.807, 2.05) is 12.1 Å². The van der Waals surface area contributed by atoms with Crippen molar-refractivity contribution in [1.29, 1.82) is 0 Å². The van der Waals surface area contributed by atoms with Crippen LogP contribution in [0.4, 0.5) is 5.69 Å². The lowest BCUT2D eigenvalue weighted by molar-refractivity contribution is 0.656. The Labute approximate surface area is 95.3 Å². The smallest absolute Gasteiger partial charge is 0.113 e. The van der Waals surface area contributed by atoms with Crippen molar-refractivity contribution in [3.8, 4) is 0 Å². The highest BCUT2D eigenvalue weighted by atomic mass is 15.1. The Morgan fingerprint density at radius 1 is 1.44 bits per heavy atom. The summed E-state index contributed by atoms with van der Waals surface area (Å²) < 4.78 is 2.35. The van der Waals surface area contributed by atoms with Crippen LogP contribution in [0.15, 0.2) is 18.2 Å². The maximum absolute atomic E-state index is 5.98. The monoisotopic (exact) mass is 215 g/mol. The molecule has 2 aromatic rings. The minimum atomic E-state index is 0.679. The molecule has 2 N–H and O–H groups in total. The zero-order chi connectivity index (χ0) is 11.1. The summed E-state index contributed by atoms with van der Waals surface area (Å²) in [5, 5.41) is 0. The molecule has 1 heterocycles. The topological polar surface area (TPSA) is 43.8 Å². The van der Waals surface area contributed by atoms with Crippen LogP contribution in [0.5, 0.6) is 0 Å². The number of rotatable bonds is 3. The first-order chi connectivity index (χ1) is 7.81. The van der Waals surface area contributed by atoms with Crippen LogP contribution in [0.2, 0.25) is 0 Å². The number of nitrogen functional groups attached to an aromatic ring is 1. The third kappa shape index (κ3) is 1.39. The highest BCUT2D eigenvalue weighted by molar-refractivity contribution is 5.87. The third-order valence-corrected chi connectivity index (χ3v) is 3.23. The van der Waals surface area contributed by atoms with Crippen molar-refractivity contribution >= 4 is 16.7 Å². The van der Waals surface area contributed by atoms with Gasteiger partial charge in [-0.3, -0.25) is 0 Å². The second kappa shape index (κ2) is 3.51. The lowest BCUT2D eigenvalue weighted by atomic mass is 10.2. The minimum absolute atomic E-state index is 0.679. The number of aryl methyl sites for hydroxylation is 1. The SMILES string of the molecule is CCCn1c(C2CC2)nc2c(N)cccc21. The van der Waals surface area contributed by atoms with Gasteiger partial charge in [-0.1, -0.05) is 13.0 Å². The predicted molar refractivity (Wildman–Crippen MR) is 66.4 cm³/mol. The average molecular weight is 215 g/mol. The van der Waals surface area contributed by atoms with Crippen molar-refractivity contribution < 1.29 is 0 Å². The van der Waals surface area contributed by atoms with E-state index >= 15 is 0 Å². The molecule has 0 amide bonds. The van der Waals surface area contributed by atoms with E-state index < -0.39 is 0 Å². The normalized spacial score (nSPS) is 15.8. The lowest BCUT2D eigenvalue weighted by Gasteiger charge is -2.06. The van der Waals surface area contributed by atoms with Crippen LogP contribution in [0.1, 0.15) is 37.9 Å². The Morgan fingerprint density at radius 3 is 2.94 bits per heavy atom. The quantitative estimate of drug-likeness (QED) is 0.800. The zero-order valence-corrected chi connectivity index (χ0v) is 9.61. The maximum atomic E-state index is 5.98. The number of fused-ring (bicyclic) bond motifs is 1. The van der Waals surface area contributed by atoms with Gasteiger partial charge in [0.25, 0.3) is 0 Å². The third-order valence-electron chi connectivity index (χ3n) is 3.23. The molecule has 1 fully saturated rings. The minimum Gasteiger partial charge on any atom is -0.397 e. The molecule has 0 atom stereocenters. The van der Waals surface area contributed by atoms with Gasteiger partial charge in [-0.2, -0.15) is 0 Å². The molecule has 3 nitrogen and oxygen atoms in total. The fraction of sp³-hybridized carbons (Fsp3) is 0.462. The van der Waals surface area contributed by atoms with Crippen molar-refractivity contribution in [3.63, 3.8) is 0 Å². The number of hydrogen-bond donors (Lipinski definition) is 1. The molecule has 0 unspecified atom stereocenters. The molecule has 3 rings (SSSR count). The van der Waals surface area contributed by atoms with Crippen LogP contribution in [0, 0.1) is 0 Å². The second-order valence-corrected chi connectivity index (χ2v) is 4.61. The molecule has 0 aliphatic heterocycles. The van der Waals surface area contributed by atoms with Crippen molar-refractivity contribution in [1.82, 2.24) is 9.55 Å². The van der Waals surface area contributed by atoms with Crippen LogP contribution in [-0.4, -0.2) is 9.55 Å². The van der Waals surface area contributed by atoms with Crippen molar-refractivity contribution in [3.05, 3.63) is 24.0 Å². The summed E-state index contributed by atoms with van der Waals surface area (Å²) >= 11 is 0. The van der Waals surface area contributed by atoms with E-state index in [1.54, 1.807) is 0 Å². The first-order valence-electron chi connectivity index (χ1n) is 6.06. The zero-order valence-electron chi connectivity index (χ0n) is 9.61. The van der Waals surface area contributed by atoms with Gasteiger partial charge in [0.2, 0.25) is 0 Å². The van der Waals surface area contributed by atoms with E-state index in [1.165, 1.54) is 24.2 Å². The number of para-hydroxylation sites is 1. The van der Waals surface area contributed by atoms with Crippen molar-refractivity contribution in [2.24, 2.45) is 0 Å². The number of imidazole rings is 1. The van der Waals surface area contributed by atoms with Gasteiger partial charge in [0.05, 0.1) is 11.2 Å². The van der Waals surface area contributed by atoms with Crippen LogP contribution < -0.4 is 5.73 Å². The van der Waals surface area contributed by atoms with E-state index in [0.29, 0.717) is 5.92 Å². The summed E-state index contributed by atoms with van der Waals surface area (Å²) in [7, 11) is 0. The number of anilines is 1. The molecule has 1 aromatic carbocycles. The Kier molecular flexibility index (Phi) is 2.13. The summed E-state index contributed by atoms with van der Waals surface area (Å²) in [5.74, 6) is 1.92. The van der Waals surface area contributed by atoms with Gasteiger partial charge in [0.1, 0.15) is 11.3 Å². The molecule has 84 valence electrons. The summed E-state index contributed by atoms with van der Waals surface area (Å²) in [5.41, 5.74) is 8.96. The highest BCUT2D eigenvalue weighted by Gasteiger charge is 2.29. The Bertz CT molecular complexity index is 523. The van der Waals surface area contributed by atoms with E-state index in [9.17, 15) is 0 Å².